The number of rotatable bonds is 6. The Labute approximate surface area is 151 Å². The molecule has 0 bridgehead atoms. The van der Waals surface area contributed by atoms with Crippen LogP contribution in [0.5, 0.6) is 0 Å². The molecule has 2 unspecified atom stereocenters. The summed E-state index contributed by atoms with van der Waals surface area (Å²) >= 11 is 0. The molecule has 0 saturated heterocycles. The third-order valence-corrected chi connectivity index (χ3v) is 3.81. The van der Waals surface area contributed by atoms with Gasteiger partial charge >= 0.3 is 0 Å². The van der Waals surface area contributed by atoms with E-state index in [-0.39, 0.29) is 24.0 Å². The Morgan fingerprint density at radius 2 is 1.86 bits per heavy atom. The van der Waals surface area contributed by atoms with E-state index in [0.717, 1.165) is 24.0 Å². The van der Waals surface area contributed by atoms with Gasteiger partial charge in [-0.05, 0) is 33.6 Å². The molecule has 1 aromatic rings. The van der Waals surface area contributed by atoms with Crippen LogP contribution in [0, 0.1) is 19.8 Å². The lowest BCUT2D eigenvalue weighted by molar-refractivity contribution is 0.391. The Hall–Kier alpha value is -0.790. The molecular formula is C16H31IN4O. The minimum atomic E-state index is 0. The maximum atomic E-state index is 5.24. The van der Waals surface area contributed by atoms with Gasteiger partial charge in [0.15, 0.2) is 5.96 Å². The topological polar surface area (TPSA) is 62.5 Å². The van der Waals surface area contributed by atoms with Crippen molar-refractivity contribution in [1.82, 2.24) is 15.8 Å². The van der Waals surface area contributed by atoms with Gasteiger partial charge in [0.2, 0.25) is 0 Å². The average Bonchev–Trinajstić information content (AvgIpc) is 2.75. The molecule has 0 radical (unpaired) electrons. The van der Waals surface area contributed by atoms with Crippen LogP contribution < -0.4 is 10.6 Å². The SMILES string of the molecule is CCNC(=NCC(C)c1c(C)noc1C)NC(C)C(C)C.I. The molecule has 0 spiro atoms. The predicted molar refractivity (Wildman–Crippen MR) is 103 cm³/mol. The number of guanidine groups is 1. The maximum Gasteiger partial charge on any atom is 0.191 e. The van der Waals surface area contributed by atoms with E-state index in [1.54, 1.807) is 0 Å². The average molecular weight is 422 g/mol. The van der Waals surface area contributed by atoms with Crippen molar-refractivity contribution in [2.45, 2.75) is 60.4 Å². The zero-order valence-electron chi connectivity index (χ0n) is 14.9. The van der Waals surface area contributed by atoms with Crippen LogP contribution in [0.25, 0.3) is 0 Å². The van der Waals surface area contributed by atoms with Gasteiger partial charge < -0.3 is 15.2 Å². The zero-order valence-corrected chi connectivity index (χ0v) is 17.2. The van der Waals surface area contributed by atoms with Crippen molar-refractivity contribution in [3.8, 4) is 0 Å². The summed E-state index contributed by atoms with van der Waals surface area (Å²) in [5, 5.41) is 10.8. The highest BCUT2D eigenvalue weighted by atomic mass is 127. The van der Waals surface area contributed by atoms with Gasteiger partial charge in [-0.2, -0.15) is 0 Å². The summed E-state index contributed by atoms with van der Waals surface area (Å²) in [6.07, 6.45) is 0. The van der Waals surface area contributed by atoms with Crippen LogP contribution >= 0.6 is 24.0 Å². The van der Waals surface area contributed by atoms with E-state index in [1.807, 2.05) is 13.8 Å². The summed E-state index contributed by atoms with van der Waals surface area (Å²) < 4.78 is 5.24. The Balaban J connectivity index is 0.00000441. The monoisotopic (exact) mass is 422 g/mol. The summed E-state index contributed by atoms with van der Waals surface area (Å²) in [7, 11) is 0. The summed E-state index contributed by atoms with van der Waals surface area (Å²) in [4.78, 5) is 4.70. The normalized spacial score (nSPS) is 14.5. The molecule has 0 aliphatic heterocycles. The van der Waals surface area contributed by atoms with E-state index in [9.17, 15) is 0 Å². The summed E-state index contributed by atoms with van der Waals surface area (Å²) in [6, 6.07) is 0.386. The van der Waals surface area contributed by atoms with Crippen molar-refractivity contribution in [2.24, 2.45) is 10.9 Å². The molecule has 1 aromatic heterocycles. The van der Waals surface area contributed by atoms with Crippen molar-refractivity contribution < 1.29 is 4.52 Å². The van der Waals surface area contributed by atoms with Crippen molar-refractivity contribution in [3.63, 3.8) is 0 Å². The maximum absolute atomic E-state index is 5.24. The number of hydrogen-bond donors (Lipinski definition) is 2. The van der Waals surface area contributed by atoms with Crippen molar-refractivity contribution >= 4 is 29.9 Å². The molecule has 22 heavy (non-hydrogen) atoms. The van der Waals surface area contributed by atoms with E-state index in [0.29, 0.717) is 24.4 Å². The Bertz CT molecular complexity index is 451. The molecular weight excluding hydrogens is 391 g/mol. The number of hydrogen-bond acceptors (Lipinski definition) is 3. The molecule has 0 aromatic carbocycles. The van der Waals surface area contributed by atoms with Crippen molar-refractivity contribution in [3.05, 3.63) is 17.0 Å². The third kappa shape index (κ3) is 6.14. The second kappa shape index (κ2) is 10.1. The second-order valence-corrected chi connectivity index (χ2v) is 6.04. The summed E-state index contributed by atoms with van der Waals surface area (Å²) in [6.45, 7) is 16.3. The lowest BCUT2D eigenvalue weighted by atomic mass is 10.00. The van der Waals surface area contributed by atoms with Gasteiger partial charge in [0.05, 0.1) is 5.69 Å². The van der Waals surface area contributed by atoms with Gasteiger partial charge in [-0.3, -0.25) is 4.99 Å². The molecule has 2 atom stereocenters. The van der Waals surface area contributed by atoms with E-state index in [2.05, 4.69) is 50.4 Å². The lowest BCUT2D eigenvalue weighted by Gasteiger charge is -2.21. The van der Waals surface area contributed by atoms with Crippen LogP contribution in [0.3, 0.4) is 0 Å². The number of aromatic nitrogens is 1. The van der Waals surface area contributed by atoms with Crippen LogP contribution in [0.1, 0.15) is 57.6 Å². The number of aryl methyl sites for hydroxylation is 2. The van der Waals surface area contributed by atoms with Crippen molar-refractivity contribution in [2.75, 3.05) is 13.1 Å². The predicted octanol–water partition coefficient (Wildman–Crippen LogP) is 3.61. The molecule has 5 nitrogen and oxygen atoms in total. The van der Waals surface area contributed by atoms with E-state index >= 15 is 0 Å². The molecule has 0 aliphatic carbocycles. The van der Waals surface area contributed by atoms with E-state index < -0.39 is 0 Å². The van der Waals surface area contributed by atoms with Crippen LogP contribution in [0.2, 0.25) is 0 Å². The third-order valence-electron chi connectivity index (χ3n) is 3.81. The van der Waals surface area contributed by atoms with Crippen LogP contribution in [-0.4, -0.2) is 30.2 Å². The van der Waals surface area contributed by atoms with Gasteiger partial charge in [0, 0.05) is 30.6 Å². The molecule has 2 N–H and O–H groups in total. The fourth-order valence-corrected chi connectivity index (χ4v) is 2.22. The first kappa shape index (κ1) is 21.2. The van der Waals surface area contributed by atoms with Crippen LogP contribution in [-0.2, 0) is 0 Å². The smallest absolute Gasteiger partial charge is 0.191 e. The van der Waals surface area contributed by atoms with Gasteiger partial charge in [-0.25, -0.2) is 0 Å². The largest absolute Gasteiger partial charge is 0.361 e. The minimum absolute atomic E-state index is 0. The first-order valence-electron chi connectivity index (χ1n) is 7.84. The van der Waals surface area contributed by atoms with Gasteiger partial charge in [0.1, 0.15) is 5.76 Å². The number of halogens is 1. The quantitative estimate of drug-likeness (QED) is 0.418. The van der Waals surface area contributed by atoms with Crippen LogP contribution in [0.15, 0.2) is 9.52 Å². The Morgan fingerprint density at radius 1 is 1.23 bits per heavy atom. The van der Waals surface area contributed by atoms with Crippen molar-refractivity contribution in [1.29, 1.82) is 0 Å². The van der Waals surface area contributed by atoms with Gasteiger partial charge in [-0.15, -0.1) is 24.0 Å². The summed E-state index contributed by atoms with van der Waals surface area (Å²) in [5.74, 6) is 2.62. The minimum Gasteiger partial charge on any atom is -0.361 e. The molecule has 128 valence electrons. The lowest BCUT2D eigenvalue weighted by Crippen LogP contribution is -2.44. The van der Waals surface area contributed by atoms with E-state index in [4.69, 9.17) is 9.52 Å². The molecule has 0 amide bonds. The highest BCUT2D eigenvalue weighted by Gasteiger charge is 2.16. The molecule has 0 saturated carbocycles. The van der Waals surface area contributed by atoms with E-state index in [1.165, 1.54) is 5.56 Å². The van der Waals surface area contributed by atoms with Crippen LogP contribution in [0.4, 0.5) is 0 Å². The standard InChI is InChI=1S/C16H30N4O.HI/c1-8-17-16(19-12(5)10(2)3)18-9-11(4)15-13(6)20-21-14(15)7;/h10-12H,8-9H2,1-7H3,(H2,17,18,19);1H. The summed E-state index contributed by atoms with van der Waals surface area (Å²) in [5.41, 5.74) is 2.13. The highest BCUT2D eigenvalue weighted by Crippen LogP contribution is 2.23. The number of nitrogens with zero attached hydrogens (tertiary/aromatic N) is 2. The number of nitrogens with one attached hydrogen (secondary N) is 2. The Kier molecular flexibility index (Phi) is 9.71. The highest BCUT2D eigenvalue weighted by molar-refractivity contribution is 14.0. The number of aliphatic imine (C=N–C) groups is 1. The Morgan fingerprint density at radius 3 is 2.32 bits per heavy atom. The first-order chi connectivity index (χ1) is 9.86. The fraction of sp³-hybridized carbons (Fsp3) is 0.750. The molecule has 0 aliphatic rings. The molecule has 1 rings (SSSR count). The van der Waals surface area contributed by atoms with Gasteiger partial charge in [0.25, 0.3) is 0 Å². The molecule has 0 fully saturated rings. The second-order valence-electron chi connectivity index (χ2n) is 6.04. The molecule has 1 heterocycles. The first-order valence-corrected chi connectivity index (χ1v) is 7.84. The molecule has 6 heteroatoms. The fourth-order valence-electron chi connectivity index (χ4n) is 2.22. The zero-order chi connectivity index (χ0) is 16.0. The van der Waals surface area contributed by atoms with Gasteiger partial charge in [-0.1, -0.05) is 25.9 Å².